The first-order valence-electron chi connectivity index (χ1n) is 6.21. The van der Waals surface area contributed by atoms with Crippen molar-refractivity contribution in [3.05, 3.63) is 29.3 Å². The third-order valence-electron chi connectivity index (χ3n) is 3.45. The van der Waals surface area contributed by atoms with Gasteiger partial charge in [-0.3, -0.25) is 0 Å². The van der Waals surface area contributed by atoms with E-state index < -0.39 is 0 Å². The van der Waals surface area contributed by atoms with E-state index in [1.165, 1.54) is 24.0 Å². The Morgan fingerprint density at radius 3 is 2.59 bits per heavy atom. The Balaban J connectivity index is 1.90. The summed E-state index contributed by atoms with van der Waals surface area (Å²) in [4.78, 5) is 11.7. The second kappa shape index (κ2) is 4.78. The second-order valence-electron chi connectivity index (χ2n) is 5.02. The summed E-state index contributed by atoms with van der Waals surface area (Å²) >= 11 is 0. The van der Waals surface area contributed by atoms with Crippen molar-refractivity contribution in [2.45, 2.75) is 39.7 Å². The summed E-state index contributed by atoms with van der Waals surface area (Å²) in [5.74, 6) is 0.681. The van der Waals surface area contributed by atoms with Gasteiger partial charge in [0.1, 0.15) is 0 Å². The predicted octanol–water partition coefficient (Wildman–Crippen LogP) is 3.22. The van der Waals surface area contributed by atoms with Crippen LogP contribution in [-0.4, -0.2) is 12.1 Å². The van der Waals surface area contributed by atoms with Crippen molar-refractivity contribution >= 4 is 11.7 Å². The molecular weight excluding hydrogens is 212 g/mol. The smallest absolute Gasteiger partial charge is 0.319 e. The molecule has 0 aromatic heterocycles. The fourth-order valence-electron chi connectivity index (χ4n) is 1.91. The van der Waals surface area contributed by atoms with Crippen LogP contribution in [0.3, 0.4) is 0 Å². The third kappa shape index (κ3) is 3.22. The summed E-state index contributed by atoms with van der Waals surface area (Å²) in [6.45, 7) is 6.18. The number of rotatable bonds is 3. The molecule has 1 unspecified atom stereocenters. The molecule has 3 heteroatoms. The highest BCUT2D eigenvalue weighted by molar-refractivity contribution is 5.89. The van der Waals surface area contributed by atoms with Crippen LogP contribution in [0.25, 0.3) is 0 Å². The van der Waals surface area contributed by atoms with Crippen LogP contribution in [0.1, 0.15) is 30.9 Å². The summed E-state index contributed by atoms with van der Waals surface area (Å²) in [5.41, 5.74) is 3.29. The maximum absolute atomic E-state index is 11.7. The number of carbonyl (C=O) groups is 1. The molecule has 0 radical (unpaired) electrons. The van der Waals surface area contributed by atoms with Crippen LogP contribution in [0, 0.1) is 19.8 Å². The number of benzene rings is 1. The van der Waals surface area contributed by atoms with Gasteiger partial charge in [-0.15, -0.1) is 0 Å². The van der Waals surface area contributed by atoms with Crippen molar-refractivity contribution in [3.8, 4) is 0 Å². The Morgan fingerprint density at radius 2 is 2.00 bits per heavy atom. The van der Waals surface area contributed by atoms with E-state index in [0.717, 1.165) is 5.69 Å². The van der Waals surface area contributed by atoms with Crippen LogP contribution in [0.5, 0.6) is 0 Å². The lowest BCUT2D eigenvalue weighted by Crippen LogP contribution is -2.37. The van der Waals surface area contributed by atoms with Crippen molar-refractivity contribution in [3.63, 3.8) is 0 Å². The third-order valence-corrected chi connectivity index (χ3v) is 3.45. The fraction of sp³-hybridized carbons (Fsp3) is 0.500. The zero-order valence-electron chi connectivity index (χ0n) is 10.7. The zero-order chi connectivity index (χ0) is 12.4. The Kier molecular flexibility index (Phi) is 3.36. The lowest BCUT2D eigenvalue weighted by atomic mass is 10.1. The number of nitrogens with one attached hydrogen (secondary N) is 2. The Bertz CT molecular complexity index is 424. The molecule has 1 aromatic carbocycles. The maximum atomic E-state index is 11.7. The number of anilines is 1. The van der Waals surface area contributed by atoms with Gasteiger partial charge in [-0.25, -0.2) is 4.79 Å². The monoisotopic (exact) mass is 232 g/mol. The number of hydrogen-bond donors (Lipinski definition) is 2. The van der Waals surface area contributed by atoms with E-state index in [4.69, 9.17) is 0 Å². The van der Waals surface area contributed by atoms with Gasteiger partial charge in [0.25, 0.3) is 0 Å². The minimum Gasteiger partial charge on any atom is -0.335 e. The van der Waals surface area contributed by atoms with Gasteiger partial charge in [0.05, 0.1) is 0 Å². The van der Waals surface area contributed by atoms with E-state index in [2.05, 4.69) is 24.5 Å². The molecule has 2 amide bonds. The first kappa shape index (κ1) is 12.0. The van der Waals surface area contributed by atoms with E-state index in [0.29, 0.717) is 5.92 Å². The summed E-state index contributed by atoms with van der Waals surface area (Å²) < 4.78 is 0. The minimum atomic E-state index is -0.104. The molecule has 0 bridgehead atoms. The molecule has 92 valence electrons. The molecule has 0 spiro atoms. The molecule has 1 atom stereocenters. The molecular formula is C14H20N2O. The molecule has 2 rings (SSSR count). The standard InChI is InChI=1S/C14H20N2O/c1-9-4-7-13(8-10(9)2)16-14(17)15-11(3)12-5-6-12/h4,7-8,11-12H,5-6H2,1-3H3,(H2,15,16,17). The normalized spacial score (nSPS) is 16.4. The zero-order valence-corrected chi connectivity index (χ0v) is 10.7. The van der Waals surface area contributed by atoms with Crippen molar-refractivity contribution in [2.75, 3.05) is 5.32 Å². The van der Waals surface area contributed by atoms with E-state index in [1.807, 2.05) is 25.1 Å². The Hall–Kier alpha value is -1.51. The number of carbonyl (C=O) groups excluding carboxylic acids is 1. The second-order valence-corrected chi connectivity index (χ2v) is 5.02. The molecule has 1 saturated carbocycles. The maximum Gasteiger partial charge on any atom is 0.319 e. The van der Waals surface area contributed by atoms with Crippen LogP contribution >= 0.6 is 0 Å². The van der Waals surface area contributed by atoms with Crippen molar-refractivity contribution < 1.29 is 4.79 Å². The molecule has 2 N–H and O–H groups in total. The molecule has 1 fully saturated rings. The summed E-state index contributed by atoms with van der Waals surface area (Å²) in [6.07, 6.45) is 2.48. The van der Waals surface area contributed by atoms with Gasteiger partial charge in [-0.1, -0.05) is 6.07 Å². The number of hydrogen-bond acceptors (Lipinski definition) is 1. The first-order valence-corrected chi connectivity index (χ1v) is 6.21. The summed E-state index contributed by atoms with van der Waals surface area (Å²) in [7, 11) is 0. The van der Waals surface area contributed by atoms with Crippen LogP contribution in [0.4, 0.5) is 10.5 Å². The first-order chi connectivity index (χ1) is 8.06. The van der Waals surface area contributed by atoms with Crippen molar-refractivity contribution in [2.24, 2.45) is 5.92 Å². The van der Waals surface area contributed by atoms with Gasteiger partial charge in [-0.2, -0.15) is 0 Å². The molecule has 3 nitrogen and oxygen atoms in total. The average molecular weight is 232 g/mol. The number of aryl methyl sites for hydroxylation is 2. The van der Waals surface area contributed by atoms with Crippen LogP contribution in [0.15, 0.2) is 18.2 Å². The molecule has 1 aromatic rings. The quantitative estimate of drug-likeness (QED) is 0.825. The fourth-order valence-corrected chi connectivity index (χ4v) is 1.91. The van der Waals surface area contributed by atoms with E-state index >= 15 is 0 Å². The Morgan fingerprint density at radius 1 is 1.29 bits per heavy atom. The molecule has 17 heavy (non-hydrogen) atoms. The van der Waals surface area contributed by atoms with Gasteiger partial charge in [-0.05, 0) is 62.8 Å². The lowest BCUT2D eigenvalue weighted by Gasteiger charge is -2.14. The van der Waals surface area contributed by atoms with Gasteiger partial charge in [0.2, 0.25) is 0 Å². The van der Waals surface area contributed by atoms with Gasteiger partial charge < -0.3 is 10.6 Å². The minimum absolute atomic E-state index is 0.104. The molecule has 1 aliphatic carbocycles. The van der Waals surface area contributed by atoms with E-state index in [-0.39, 0.29) is 12.1 Å². The topological polar surface area (TPSA) is 41.1 Å². The predicted molar refractivity (Wildman–Crippen MR) is 70.3 cm³/mol. The van der Waals surface area contributed by atoms with Crippen molar-refractivity contribution in [1.82, 2.24) is 5.32 Å². The van der Waals surface area contributed by atoms with Gasteiger partial charge >= 0.3 is 6.03 Å². The molecule has 1 aliphatic rings. The molecule has 0 aliphatic heterocycles. The SMILES string of the molecule is Cc1ccc(NC(=O)NC(C)C2CC2)cc1C. The van der Waals surface area contributed by atoms with Crippen LogP contribution in [0.2, 0.25) is 0 Å². The highest BCUT2D eigenvalue weighted by atomic mass is 16.2. The summed E-state index contributed by atoms with van der Waals surface area (Å²) in [5, 5.41) is 5.85. The largest absolute Gasteiger partial charge is 0.335 e. The highest BCUT2D eigenvalue weighted by Crippen LogP contribution is 2.32. The van der Waals surface area contributed by atoms with Crippen molar-refractivity contribution in [1.29, 1.82) is 0 Å². The van der Waals surface area contributed by atoms with Gasteiger partial charge in [0.15, 0.2) is 0 Å². The molecule has 0 saturated heterocycles. The number of urea groups is 1. The van der Waals surface area contributed by atoms with Gasteiger partial charge in [0, 0.05) is 11.7 Å². The summed E-state index contributed by atoms with van der Waals surface area (Å²) in [6, 6.07) is 6.13. The molecule has 0 heterocycles. The number of amides is 2. The van der Waals surface area contributed by atoms with Crippen LogP contribution < -0.4 is 10.6 Å². The van der Waals surface area contributed by atoms with Crippen LogP contribution in [-0.2, 0) is 0 Å². The lowest BCUT2D eigenvalue weighted by molar-refractivity contribution is 0.248. The van der Waals surface area contributed by atoms with E-state index in [9.17, 15) is 4.79 Å². The average Bonchev–Trinajstić information content (AvgIpc) is 3.06. The van der Waals surface area contributed by atoms with E-state index in [1.54, 1.807) is 0 Å². The Labute approximate surface area is 103 Å². The highest BCUT2D eigenvalue weighted by Gasteiger charge is 2.28.